The van der Waals surface area contributed by atoms with Gasteiger partial charge in [-0.1, -0.05) is 23.8 Å². The van der Waals surface area contributed by atoms with Gasteiger partial charge in [0.2, 0.25) is 0 Å². The lowest BCUT2D eigenvalue weighted by molar-refractivity contribution is 0.590. The molecule has 0 bridgehead atoms. The fourth-order valence-corrected chi connectivity index (χ4v) is 3.39. The number of sulfone groups is 1. The summed E-state index contributed by atoms with van der Waals surface area (Å²) in [6, 6.07) is 9.21. The first-order valence-corrected chi connectivity index (χ1v) is 7.79. The fraction of sp³-hybridized carbons (Fsp3) is 0.200. The number of nitrogens with two attached hydrogens (primary N) is 1. The summed E-state index contributed by atoms with van der Waals surface area (Å²) in [4.78, 5) is -0.0508. The van der Waals surface area contributed by atoms with Gasteiger partial charge in [-0.15, -0.1) is 0 Å². The van der Waals surface area contributed by atoms with Crippen molar-refractivity contribution in [3.63, 3.8) is 0 Å². The number of hydrogen-bond acceptors (Lipinski definition) is 3. The van der Waals surface area contributed by atoms with Crippen LogP contribution in [0.3, 0.4) is 0 Å². The van der Waals surface area contributed by atoms with Crippen LogP contribution < -0.4 is 5.73 Å². The third-order valence-corrected chi connectivity index (χ3v) is 4.84. The second-order valence-electron chi connectivity index (χ2n) is 4.87. The Bertz CT molecular complexity index is 754. The van der Waals surface area contributed by atoms with E-state index in [1.54, 1.807) is 0 Å². The Balaban J connectivity index is 2.40. The molecule has 0 heterocycles. The minimum Gasteiger partial charge on any atom is -0.396 e. The van der Waals surface area contributed by atoms with Crippen molar-refractivity contribution in [1.29, 1.82) is 0 Å². The summed E-state index contributed by atoms with van der Waals surface area (Å²) in [7, 11) is -3.59. The van der Waals surface area contributed by atoms with Gasteiger partial charge in [0.05, 0.1) is 16.3 Å². The molecule has 0 unspecified atom stereocenters. The largest absolute Gasteiger partial charge is 0.396 e. The van der Waals surface area contributed by atoms with E-state index in [9.17, 15) is 12.8 Å². The van der Waals surface area contributed by atoms with Crippen molar-refractivity contribution in [3.8, 4) is 0 Å². The molecule has 0 spiro atoms. The third-order valence-electron chi connectivity index (χ3n) is 3.18. The lowest BCUT2D eigenvalue weighted by Crippen LogP contribution is -2.07. The smallest absolute Gasteiger partial charge is 0.182 e. The van der Waals surface area contributed by atoms with Crippen LogP contribution in [0.5, 0.6) is 0 Å². The molecule has 106 valence electrons. The average molecular weight is 293 g/mol. The quantitative estimate of drug-likeness (QED) is 0.885. The molecular formula is C15H16FNO2S. The predicted octanol–water partition coefficient (Wildman–Crippen LogP) is 3.00. The number of aryl methyl sites for hydroxylation is 2. The van der Waals surface area contributed by atoms with Gasteiger partial charge in [0.25, 0.3) is 0 Å². The maximum absolute atomic E-state index is 13.4. The molecule has 2 rings (SSSR count). The summed E-state index contributed by atoms with van der Waals surface area (Å²) in [6.07, 6.45) is 0. The monoisotopic (exact) mass is 293 g/mol. The first-order valence-electron chi connectivity index (χ1n) is 6.13. The van der Waals surface area contributed by atoms with Crippen LogP contribution in [0.4, 0.5) is 10.1 Å². The molecule has 3 nitrogen and oxygen atoms in total. The SMILES string of the molecule is Cc1ccc(C)c(CS(=O)(=O)c2ccc(N)c(F)c2)c1. The average Bonchev–Trinajstić information content (AvgIpc) is 2.36. The molecule has 0 saturated carbocycles. The molecule has 0 atom stereocenters. The van der Waals surface area contributed by atoms with Crippen LogP contribution in [0.25, 0.3) is 0 Å². The van der Waals surface area contributed by atoms with Crippen LogP contribution >= 0.6 is 0 Å². The van der Waals surface area contributed by atoms with Gasteiger partial charge in [-0.3, -0.25) is 0 Å². The first-order chi connectivity index (χ1) is 9.29. The van der Waals surface area contributed by atoms with Crippen molar-refractivity contribution < 1.29 is 12.8 Å². The van der Waals surface area contributed by atoms with Crippen LogP contribution in [-0.2, 0) is 15.6 Å². The summed E-state index contributed by atoms with van der Waals surface area (Å²) in [5, 5.41) is 0. The highest BCUT2D eigenvalue weighted by atomic mass is 32.2. The third kappa shape index (κ3) is 2.99. The zero-order chi connectivity index (χ0) is 14.9. The van der Waals surface area contributed by atoms with Crippen molar-refractivity contribution in [2.75, 3.05) is 5.73 Å². The van der Waals surface area contributed by atoms with Crippen molar-refractivity contribution in [2.45, 2.75) is 24.5 Å². The normalized spacial score (nSPS) is 11.6. The fourth-order valence-electron chi connectivity index (χ4n) is 1.95. The molecule has 0 amide bonds. The lowest BCUT2D eigenvalue weighted by Gasteiger charge is -2.09. The number of nitrogen functional groups attached to an aromatic ring is 1. The van der Waals surface area contributed by atoms with Crippen LogP contribution in [0.1, 0.15) is 16.7 Å². The standard InChI is InChI=1S/C15H16FNO2S/c1-10-3-4-11(2)12(7-10)9-20(18,19)13-5-6-15(17)14(16)8-13/h3-8H,9,17H2,1-2H3. The molecule has 2 aromatic rings. The molecular weight excluding hydrogens is 277 g/mol. The zero-order valence-corrected chi connectivity index (χ0v) is 12.2. The molecule has 5 heteroatoms. The van der Waals surface area contributed by atoms with E-state index in [0.717, 1.165) is 22.8 Å². The highest BCUT2D eigenvalue weighted by molar-refractivity contribution is 7.90. The summed E-state index contributed by atoms with van der Waals surface area (Å²) in [5.41, 5.74) is 7.91. The highest BCUT2D eigenvalue weighted by Crippen LogP contribution is 2.22. The number of benzene rings is 2. The van der Waals surface area contributed by atoms with Crippen LogP contribution in [-0.4, -0.2) is 8.42 Å². The Kier molecular flexibility index (Phi) is 3.81. The molecule has 0 fully saturated rings. The Morgan fingerprint density at radius 3 is 2.45 bits per heavy atom. The molecule has 0 saturated heterocycles. The lowest BCUT2D eigenvalue weighted by atomic mass is 10.1. The molecule has 0 radical (unpaired) electrons. The predicted molar refractivity (Wildman–Crippen MR) is 77.6 cm³/mol. The van der Waals surface area contributed by atoms with Crippen LogP contribution in [0.15, 0.2) is 41.3 Å². The minimum atomic E-state index is -3.59. The van der Waals surface area contributed by atoms with E-state index in [1.165, 1.54) is 12.1 Å². The van der Waals surface area contributed by atoms with Gasteiger partial charge in [0.1, 0.15) is 5.82 Å². The first kappa shape index (κ1) is 14.5. The van der Waals surface area contributed by atoms with Gasteiger partial charge in [-0.2, -0.15) is 0 Å². The van der Waals surface area contributed by atoms with E-state index in [4.69, 9.17) is 5.73 Å². The van der Waals surface area contributed by atoms with Crippen LogP contribution in [0, 0.1) is 19.7 Å². The van der Waals surface area contributed by atoms with Gasteiger partial charge in [0, 0.05) is 0 Å². The molecule has 2 N–H and O–H groups in total. The number of hydrogen-bond donors (Lipinski definition) is 1. The molecule has 0 aliphatic carbocycles. The zero-order valence-electron chi connectivity index (χ0n) is 11.4. The maximum Gasteiger partial charge on any atom is 0.182 e. The molecule has 0 aliphatic rings. The highest BCUT2D eigenvalue weighted by Gasteiger charge is 2.18. The van der Waals surface area contributed by atoms with Gasteiger partial charge < -0.3 is 5.73 Å². The summed E-state index contributed by atoms with van der Waals surface area (Å²) in [5.74, 6) is -0.865. The molecule has 20 heavy (non-hydrogen) atoms. The molecule has 0 aromatic heterocycles. The van der Waals surface area contributed by atoms with Crippen LogP contribution in [0.2, 0.25) is 0 Å². The van der Waals surface area contributed by atoms with Gasteiger partial charge in [0.15, 0.2) is 9.84 Å². The molecule has 2 aromatic carbocycles. The van der Waals surface area contributed by atoms with E-state index in [-0.39, 0.29) is 16.3 Å². The van der Waals surface area contributed by atoms with E-state index < -0.39 is 15.7 Å². The maximum atomic E-state index is 13.4. The minimum absolute atomic E-state index is 0.0508. The Labute approximate surface area is 118 Å². The molecule has 0 aliphatic heterocycles. The number of anilines is 1. The Morgan fingerprint density at radius 1 is 1.10 bits per heavy atom. The topological polar surface area (TPSA) is 60.2 Å². The summed E-state index contributed by atoms with van der Waals surface area (Å²) >= 11 is 0. The van der Waals surface area contributed by atoms with E-state index in [2.05, 4.69) is 0 Å². The number of rotatable bonds is 3. The summed E-state index contributed by atoms with van der Waals surface area (Å²) in [6.45, 7) is 3.76. The Morgan fingerprint density at radius 2 is 1.80 bits per heavy atom. The van der Waals surface area contributed by atoms with Gasteiger partial charge in [-0.05, 0) is 43.2 Å². The second kappa shape index (κ2) is 5.25. The van der Waals surface area contributed by atoms with E-state index in [0.29, 0.717) is 0 Å². The van der Waals surface area contributed by atoms with Crippen molar-refractivity contribution in [3.05, 3.63) is 58.9 Å². The van der Waals surface area contributed by atoms with Gasteiger partial charge in [-0.25, -0.2) is 12.8 Å². The van der Waals surface area contributed by atoms with Gasteiger partial charge >= 0.3 is 0 Å². The summed E-state index contributed by atoms with van der Waals surface area (Å²) < 4.78 is 38.0. The van der Waals surface area contributed by atoms with E-state index in [1.807, 2.05) is 32.0 Å². The Hall–Kier alpha value is -1.88. The van der Waals surface area contributed by atoms with E-state index >= 15 is 0 Å². The van der Waals surface area contributed by atoms with Crippen molar-refractivity contribution >= 4 is 15.5 Å². The second-order valence-corrected chi connectivity index (χ2v) is 6.86. The van der Waals surface area contributed by atoms with Crippen molar-refractivity contribution in [1.82, 2.24) is 0 Å². The number of halogens is 1. The van der Waals surface area contributed by atoms with Crippen molar-refractivity contribution in [2.24, 2.45) is 0 Å².